The number of nitrogens with zero attached hydrogens (tertiary/aromatic N) is 2. The zero-order valence-corrected chi connectivity index (χ0v) is 19.2. The van der Waals surface area contributed by atoms with Crippen molar-refractivity contribution in [3.8, 4) is 0 Å². The molecule has 1 aromatic carbocycles. The number of rotatable bonds is 3. The smallest absolute Gasteiger partial charge is 0.274 e. The van der Waals surface area contributed by atoms with Crippen LogP contribution in [-0.4, -0.2) is 58.6 Å². The van der Waals surface area contributed by atoms with E-state index in [4.69, 9.17) is 0 Å². The molecule has 5 rings (SSSR count). The van der Waals surface area contributed by atoms with Crippen molar-refractivity contribution in [3.05, 3.63) is 39.4 Å². The number of piperidine rings is 1. The molecule has 10 heteroatoms. The van der Waals surface area contributed by atoms with Crippen molar-refractivity contribution in [2.75, 3.05) is 6.54 Å². The van der Waals surface area contributed by atoms with E-state index in [0.717, 1.165) is 10.5 Å². The first kappa shape index (κ1) is 21.2. The van der Waals surface area contributed by atoms with E-state index in [1.165, 1.54) is 6.08 Å². The number of hydrogen-bond acceptors (Lipinski definition) is 6. The van der Waals surface area contributed by atoms with Crippen LogP contribution in [0.3, 0.4) is 0 Å². The summed E-state index contributed by atoms with van der Waals surface area (Å²) < 4.78 is 27.9. The second kappa shape index (κ2) is 6.48. The van der Waals surface area contributed by atoms with Gasteiger partial charge in [0, 0.05) is 11.0 Å². The van der Waals surface area contributed by atoms with Crippen LogP contribution in [0.15, 0.2) is 27.6 Å². The fourth-order valence-corrected chi connectivity index (χ4v) is 7.75. The molecule has 3 amide bonds. The molecule has 2 saturated heterocycles. The third-order valence-electron chi connectivity index (χ3n) is 6.18. The summed E-state index contributed by atoms with van der Waals surface area (Å²) in [6, 6.07) is 2.18. The van der Waals surface area contributed by atoms with Crippen molar-refractivity contribution in [2.24, 2.45) is 11.8 Å². The molecule has 2 fully saturated rings. The van der Waals surface area contributed by atoms with Gasteiger partial charge in [0.2, 0.25) is 11.8 Å². The van der Waals surface area contributed by atoms with Gasteiger partial charge in [-0.15, -0.1) is 0 Å². The maximum atomic E-state index is 13.7. The highest BCUT2D eigenvalue weighted by molar-refractivity contribution is 9.11. The summed E-state index contributed by atoms with van der Waals surface area (Å²) in [4.78, 5) is 40.0. The van der Waals surface area contributed by atoms with Crippen molar-refractivity contribution in [1.82, 2.24) is 9.21 Å². The molecule has 3 aliphatic heterocycles. The largest absolute Gasteiger partial charge is 0.374 e. The van der Waals surface area contributed by atoms with E-state index in [9.17, 15) is 27.9 Å². The van der Waals surface area contributed by atoms with Crippen LogP contribution in [0.1, 0.15) is 23.6 Å². The molecule has 3 heterocycles. The van der Waals surface area contributed by atoms with Crippen LogP contribution in [0.25, 0.3) is 0 Å². The number of carbonyl (C=O) groups excluding carboxylic acids is 3. The number of sulfonamides is 1. The highest BCUT2D eigenvalue weighted by Crippen LogP contribution is 2.54. The molecule has 8 nitrogen and oxygen atoms in total. The summed E-state index contributed by atoms with van der Waals surface area (Å²) >= 11 is 3.14. The number of aliphatic hydroxyl groups is 1. The van der Waals surface area contributed by atoms with Crippen LogP contribution in [0.4, 0.5) is 0 Å². The van der Waals surface area contributed by atoms with Crippen LogP contribution in [0.5, 0.6) is 0 Å². The maximum absolute atomic E-state index is 13.7. The molecule has 1 aliphatic carbocycles. The third-order valence-corrected chi connectivity index (χ3v) is 9.13. The van der Waals surface area contributed by atoms with Gasteiger partial charge in [-0.1, -0.05) is 33.6 Å². The highest BCUT2D eigenvalue weighted by Gasteiger charge is 2.72. The number of fused-ring (bicyclic) bond motifs is 1. The summed E-state index contributed by atoms with van der Waals surface area (Å²) in [7, 11) is -4.41. The number of hydrogen-bond donors (Lipinski definition) is 1. The van der Waals surface area contributed by atoms with E-state index in [-0.39, 0.29) is 15.9 Å². The zero-order chi connectivity index (χ0) is 22.3. The monoisotopic (exact) mass is 496 g/mol. The topological polar surface area (TPSA) is 112 Å². The van der Waals surface area contributed by atoms with E-state index >= 15 is 0 Å². The maximum Gasteiger partial charge on any atom is 0.274 e. The number of imide groups is 1. The Morgan fingerprint density at radius 1 is 1.10 bits per heavy atom. The van der Waals surface area contributed by atoms with E-state index in [1.807, 2.05) is 6.92 Å². The summed E-state index contributed by atoms with van der Waals surface area (Å²) in [6.45, 7) is 6.77. The van der Waals surface area contributed by atoms with Gasteiger partial charge < -0.3 is 5.11 Å². The summed E-state index contributed by atoms with van der Waals surface area (Å²) in [6.07, 6.45) is 1.35. The van der Waals surface area contributed by atoms with Crippen molar-refractivity contribution in [1.29, 1.82) is 0 Å². The lowest BCUT2D eigenvalue weighted by atomic mass is 9.68. The number of carbonyl (C=O) groups is 3. The average Bonchev–Trinajstić information content (AvgIpc) is 2.88. The lowest BCUT2D eigenvalue weighted by Crippen LogP contribution is -2.70. The van der Waals surface area contributed by atoms with Gasteiger partial charge in [-0.25, -0.2) is 12.7 Å². The predicted octanol–water partition coefficient (Wildman–Crippen LogP) is 1.16. The minimum absolute atomic E-state index is 0.00848. The Morgan fingerprint density at radius 2 is 1.67 bits per heavy atom. The molecule has 4 atom stereocenters. The van der Waals surface area contributed by atoms with Crippen LogP contribution in [0, 0.1) is 32.6 Å². The molecule has 30 heavy (non-hydrogen) atoms. The minimum atomic E-state index is -4.41. The molecule has 1 N–H and O–H groups in total. The first-order valence-electron chi connectivity index (χ1n) is 9.51. The Bertz CT molecular complexity index is 1140. The Hall–Kier alpha value is -2.04. The van der Waals surface area contributed by atoms with Gasteiger partial charge in [0.25, 0.3) is 15.9 Å². The number of halogens is 1. The molecular formula is C20H21BrN2O6S. The lowest BCUT2D eigenvalue weighted by molar-refractivity contribution is -0.165. The Kier molecular flexibility index (Phi) is 4.58. The van der Waals surface area contributed by atoms with Gasteiger partial charge in [0.15, 0.2) is 5.60 Å². The lowest BCUT2D eigenvalue weighted by Gasteiger charge is -2.50. The fourth-order valence-electron chi connectivity index (χ4n) is 5.07. The quantitative estimate of drug-likeness (QED) is 0.628. The SMILES string of the molecule is CCN1C(=O)[C@H]2[C@H]3C=C(Br)[C@](O)(C(=O)N3S(=O)(=O)c3c(C)cc(C)cc3C)[C@H]2C1=O. The number of benzene rings is 1. The summed E-state index contributed by atoms with van der Waals surface area (Å²) in [5.41, 5.74) is -0.669. The highest BCUT2D eigenvalue weighted by atomic mass is 79.9. The third kappa shape index (κ3) is 2.41. The zero-order valence-electron chi connectivity index (χ0n) is 16.8. The van der Waals surface area contributed by atoms with Crippen LogP contribution in [0.2, 0.25) is 0 Å². The molecule has 0 radical (unpaired) electrons. The van der Waals surface area contributed by atoms with Gasteiger partial charge in [-0.2, -0.15) is 0 Å². The molecule has 1 aromatic rings. The fraction of sp³-hybridized carbons (Fsp3) is 0.450. The molecule has 2 bridgehead atoms. The van der Waals surface area contributed by atoms with E-state index in [0.29, 0.717) is 15.4 Å². The minimum Gasteiger partial charge on any atom is -0.374 e. The molecule has 160 valence electrons. The normalized spacial score (nSPS) is 30.8. The molecule has 0 unspecified atom stereocenters. The average molecular weight is 497 g/mol. The van der Waals surface area contributed by atoms with Crippen molar-refractivity contribution in [3.63, 3.8) is 0 Å². The number of likely N-dealkylation sites (tertiary alicyclic amines) is 1. The number of aryl methyl sites for hydroxylation is 3. The van der Waals surface area contributed by atoms with Gasteiger partial charge >= 0.3 is 0 Å². The molecule has 4 aliphatic rings. The number of amides is 3. The first-order valence-corrected chi connectivity index (χ1v) is 11.7. The van der Waals surface area contributed by atoms with Crippen LogP contribution < -0.4 is 0 Å². The second-order valence-corrected chi connectivity index (χ2v) is 10.6. The summed E-state index contributed by atoms with van der Waals surface area (Å²) in [5.74, 6) is -4.90. The molecule has 0 aromatic heterocycles. The van der Waals surface area contributed by atoms with Crippen molar-refractivity contribution >= 4 is 43.7 Å². The first-order chi connectivity index (χ1) is 13.9. The molecule has 0 saturated carbocycles. The molecule has 0 spiro atoms. The van der Waals surface area contributed by atoms with Gasteiger partial charge in [0.1, 0.15) is 0 Å². The second-order valence-electron chi connectivity index (χ2n) is 8.03. The predicted molar refractivity (Wildman–Crippen MR) is 110 cm³/mol. The van der Waals surface area contributed by atoms with E-state index in [2.05, 4.69) is 15.9 Å². The van der Waals surface area contributed by atoms with Crippen molar-refractivity contribution in [2.45, 2.75) is 44.2 Å². The van der Waals surface area contributed by atoms with Gasteiger partial charge in [-0.3, -0.25) is 19.3 Å². The van der Waals surface area contributed by atoms with Gasteiger partial charge in [0.05, 0.1) is 22.8 Å². The van der Waals surface area contributed by atoms with Crippen LogP contribution in [-0.2, 0) is 24.4 Å². The summed E-state index contributed by atoms with van der Waals surface area (Å²) in [5, 5.41) is 11.3. The van der Waals surface area contributed by atoms with E-state index in [1.54, 1.807) is 32.9 Å². The Morgan fingerprint density at radius 3 is 2.20 bits per heavy atom. The van der Waals surface area contributed by atoms with Crippen molar-refractivity contribution < 1.29 is 27.9 Å². The van der Waals surface area contributed by atoms with Crippen LogP contribution >= 0.6 is 15.9 Å². The molecular weight excluding hydrogens is 476 g/mol. The van der Waals surface area contributed by atoms with Gasteiger partial charge in [-0.05, 0) is 44.9 Å². The standard InChI is InChI=1S/C20H21BrN2O6S/c1-5-22-17(24)14-12-8-13(21)20(27,15(14)18(22)25)19(26)23(12)30(28,29)16-10(3)6-9(2)7-11(16)4/h6-8,12,14-15,27H,5H2,1-4H3/t12-,14+,15-,20-/m1/s1. The Balaban J connectivity index is 1.94. The van der Waals surface area contributed by atoms with E-state index < -0.39 is 51.2 Å². The Labute approximate surface area is 182 Å².